The van der Waals surface area contributed by atoms with Crippen molar-refractivity contribution in [1.29, 1.82) is 0 Å². The molecule has 1 aliphatic heterocycles. The van der Waals surface area contributed by atoms with E-state index in [1.807, 2.05) is 36.9 Å². The fraction of sp³-hybridized carbons (Fsp3) is 0.600. The first-order valence-electron chi connectivity index (χ1n) is 7.11. The molecule has 2 rings (SSSR count). The van der Waals surface area contributed by atoms with Gasteiger partial charge in [0, 0.05) is 25.9 Å². The van der Waals surface area contributed by atoms with Crippen molar-refractivity contribution in [3.8, 4) is 0 Å². The molecule has 20 heavy (non-hydrogen) atoms. The Balaban J connectivity index is 1.99. The molecule has 1 aliphatic rings. The van der Waals surface area contributed by atoms with Crippen LogP contribution < -0.4 is 5.32 Å². The number of carbonyl (C=O) groups excluding carboxylic acids is 1. The molecule has 1 amide bonds. The zero-order valence-corrected chi connectivity index (χ0v) is 12.4. The maximum Gasteiger partial charge on any atom is 0.240 e. The van der Waals surface area contributed by atoms with Crippen LogP contribution in [-0.4, -0.2) is 48.1 Å². The second kappa shape index (κ2) is 6.81. The van der Waals surface area contributed by atoms with Gasteiger partial charge < -0.3 is 15.0 Å². The predicted octanol–water partition coefficient (Wildman–Crippen LogP) is 1.12. The van der Waals surface area contributed by atoms with Crippen LogP contribution in [0.1, 0.15) is 24.7 Å². The molecule has 1 aromatic heterocycles. The summed E-state index contributed by atoms with van der Waals surface area (Å²) >= 11 is 0. The maximum absolute atomic E-state index is 12.5. The lowest BCUT2D eigenvalue weighted by Gasteiger charge is -2.24. The number of nitrogens with zero attached hydrogens (tertiary/aromatic N) is 2. The van der Waals surface area contributed by atoms with E-state index in [0.29, 0.717) is 13.1 Å². The first-order valence-corrected chi connectivity index (χ1v) is 7.11. The van der Waals surface area contributed by atoms with Crippen LogP contribution in [0.5, 0.6) is 0 Å². The first kappa shape index (κ1) is 14.9. The number of pyridine rings is 1. The van der Waals surface area contributed by atoms with E-state index in [-0.39, 0.29) is 18.1 Å². The summed E-state index contributed by atoms with van der Waals surface area (Å²) < 4.78 is 5.29. The Kier molecular flexibility index (Phi) is 5.09. The van der Waals surface area contributed by atoms with Gasteiger partial charge in [0.05, 0.1) is 24.4 Å². The third-order valence-corrected chi connectivity index (χ3v) is 3.71. The Morgan fingerprint density at radius 3 is 2.95 bits per heavy atom. The molecule has 0 saturated carbocycles. The molecule has 0 radical (unpaired) electrons. The number of ether oxygens (including phenoxy) is 1. The SMILES string of the molecule is CCN(Cc1cccc(C)n1)C(=O)C1CC(OC)CN1. The highest BCUT2D eigenvalue weighted by atomic mass is 16.5. The van der Waals surface area contributed by atoms with Crippen LogP contribution >= 0.6 is 0 Å². The Labute approximate surface area is 120 Å². The summed E-state index contributed by atoms with van der Waals surface area (Å²) in [5.41, 5.74) is 1.91. The van der Waals surface area contributed by atoms with Gasteiger partial charge in [0.15, 0.2) is 0 Å². The van der Waals surface area contributed by atoms with E-state index in [1.54, 1.807) is 7.11 Å². The van der Waals surface area contributed by atoms with Crippen molar-refractivity contribution in [3.63, 3.8) is 0 Å². The fourth-order valence-electron chi connectivity index (χ4n) is 2.52. The van der Waals surface area contributed by atoms with Gasteiger partial charge in [-0.1, -0.05) is 6.07 Å². The van der Waals surface area contributed by atoms with Crippen LogP contribution in [0.25, 0.3) is 0 Å². The summed E-state index contributed by atoms with van der Waals surface area (Å²) in [5, 5.41) is 3.23. The number of carbonyl (C=O) groups is 1. The van der Waals surface area contributed by atoms with Crippen molar-refractivity contribution in [3.05, 3.63) is 29.6 Å². The molecule has 110 valence electrons. The molecule has 0 spiro atoms. The molecule has 5 nitrogen and oxygen atoms in total. The molecule has 0 aromatic carbocycles. The van der Waals surface area contributed by atoms with Gasteiger partial charge in [-0.3, -0.25) is 9.78 Å². The normalized spacial score (nSPS) is 21.9. The molecule has 2 atom stereocenters. The van der Waals surface area contributed by atoms with Crippen LogP contribution in [0.2, 0.25) is 0 Å². The van der Waals surface area contributed by atoms with E-state index in [0.717, 1.165) is 24.4 Å². The average Bonchev–Trinajstić information content (AvgIpc) is 2.93. The Morgan fingerprint density at radius 1 is 1.55 bits per heavy atom. The molecule has 2 unspecified atom stereocenters. The minimum Gasteiger partial charge on any atom is -0.380 e. The minimum absolute atomic E-state index is 0.135. The van der Waals surface area contributed by atoms with Gasteiger partial charge in [-0.05, 0) is 32.4 Å². The highest BCUT2D eigenvalue weighted by Crippen LogP contribution is 2.13. The third-order valence-electron chi connectivity index (χ3n) is 3.71. The van der Waals surface area contributed by atoms with Crippen molar-refractivity contribution >= 4 is 5.91 Å². The van der Waals surface area contributed by atoms with E-state index < -0.39 is 0 Å². The zero-order valence-electron chi connectivity index (χ0n) is 12.4. The van der Waals surface area contributed by atoms with Gasteiger partial charge >= 0.3 is 0 Å². The number of likely N-dealkylation sites (N-methyl/N-ethyl adjacent to an activating group) is 1. The molecule has 0 bridgehead atoms. The van der Waals surface area contributed by atoms with E-state index in [9.17, 15) is 4.79 Å². The lowest BCUT2D eigenvalue weighted by molar-refractivity contribution is -0.133. The van der Waals surface area contributed by atoms with Gasteiger partial charge in [0.25, 0.3) is 0 Å². The summed E-state index contributed by atoms with van der Waals surface area (Å²) in [6.45, 7) is 5.95. The van der Waals surface area contributed by atoms with Crippen LogP contribution in [0.4, 0.5) is 0 Å². The third kappa shape index (κ3) is 3.55. The van der Waals surface area contributed by atoms with Gasteiger partial charge in [-0.25, -0.2) is 0 Å². The lowest BCUT2D eigenvalue weighted by Crippen LogP contribution is -2.43. The summed E-state index contributed by atoms with van der Waals surface area (Å²) in [7, 11) is 1.69. The Morgan fingerprint density at radius 2 is 2.35 bits per heavy atom. The number of hydrogen-bond acceptors (Lipinski definition) is 4. The quantitative estimate of drug-likeness (QED) is 0.876. The monoisotopic (exact) mass is 277 g/mol. The van der Waals surface area contributed by atoms with Gasteiger partial charge in [-0.2, -0.15) is 0 Å². The topological polar surface area (TPSA) is 54.5 Å². The van der Waals surface area contributed by atoms with Crippen LogP contribution in [0, 0.1) is 6.92 Å². The Bertz CT molecular complexity index is 464. The van der Waals surface area contributed by atoms with Crippen molar-refractivity contribution in [1.82, 2.24) is 15.2 Å². The number of aryl methyl sites for hydroxylation is 1. The number of rotatable bonds is 5. The largest absolute Gasteiger partial charge is 0.380 e. The van der Waals surface area contributed by atoms with Crippen molar-refractivity contribution < 1.29 is 9.53 Å². The van der Waals surface area contributed by atoms with E-state index in [2.05, 4.69) is 10.3 Å². The van der Waals surface area contributed by atoms with Gasteiger partial charge in [0.2, 0.25) is 5.91 Å². The highest BCUT2D eigenvalue weighted by molar-refractivity contribution is 5.82. The molecule has 1 saturated heterocycles. The summed E-state index contributed by atoms with van der Waals surface area (Å²) in [4.78, 5) is 18.8. The summed E-state index contributed by atoms with van der Waals surface area (Å²) in [6, 6.07) is 5.77. The number of hydrogen-bond donors (Lipinski definition) is 1. The lowest BCUT2D eigenvalue weighted by atomic mass is 10.1. The number of amides is 1. The van der Waals surface area contributed by atoms with E-state index in [4.69, 9.17) is 4.74 Å². The van der Waals surface area contributed by atoms with E-state index >= 15 is 0 Å². The van der Waals surface area contributed by atoms with Crippen LogP contribution in [0.3, 0.4) is 0 Å². The predicted molar refractivity (Wildman–Crippen MR) is 77.3 cm³/mol. The smallest absolute Gasteiger partial charge is 0.240 e. The highest BCUT2D eigenvalue weighted by Gasteiger charge is 2.31. The molecule has 0 aliphatic carbocycles. The standard InChI is InChI=1S/C15H23N3O2/c1-4-18(10-12-7-5-6-11(2)17-12)15(19)14-8-13(20-3)9-16-14/h5-7,13-14,16H,4,8-10H2,1-3H3. The van der Waals surface area contributed by atoms with Crippen LogP contribution in [0.15, 0.2) is 18.2 Å². The zero-order chi connectivity index (χ0) is 14.5. The number of aromatic nitrogens is 1. The maximum atomic E-state index is 12.5. The summed E-state index contributed by atoms with van der Waals surface area (Å²) in [6.07, 6.45) is 0.882. The average molecular weight is 277 g/mol. The Hall–Kier alpha value is -1.46. The molecule has 1 fully saturated rings. The number of methoxy groups -OCH3 is 1. The van der Waals surface area contributed by atoms with Gasteiger partial charge in [0.1, 0.15) is 0 Å². The van der Waals surface area contributed by atoms with Crippen molar-refractivity contribution in [2.24, 2.45) is 0 Å². The fourth-order valence-corrected chi connectivity index (χ4v) is 2.52. The number of nitrogens with one attached hydrogen (secondary N) is 1. The molecule has 1 N–H and O–H groups in total. The first-order chi connectivity index (χ1) is 9.63. The second-order valence-corrected chi connectivity index (χ2v) is 5.18. The summed E-state index contributed by atoms with van der Waals surface area (Å²) in [5.74, 6) is 0.135. The van der Waals surface area contributed by atoms with Crippen molar-refractivity contribution in [2.75, 3.05) is 20.2 Å². The molecule has 5 heteroatoms. The van der Waals surface area contributed by atoms with E-state index in [1.165, 1.54) is 0 Å². The second-order valence-electron chi connectivity index (χ2n) is 5.18. The molecule has 2 heterocycles. The molecular formula is C15H23N3O2. The molecule has 1 aromatic rings. The molecular weight excluding hydrogens is 254 g/mol. The minimum atomic E-state index is -0.135. The van der Waals surface area contributed by atoms with Gasteiger partial charge in [-0.15, -0.1) is 0 Å². The van der Waals surface area contributed by atoms with Crippen molar-refractivity contribution in [2.45, 2.75) is 39.0 Å². The van der Waals surface area contributed by atoms with Crippen LogP contribution in [-0.2, 0) is 16.1 Å².